The molecule has 0 aliphatic rings. The summed E-state index contributed by atoms with van der Waals surface area (Å²) in [6, 6.07) is -0.603. The van der Waals surface area contributed by atoms with E-state index in [4.69, 9.17) is 4.74 Å². The van der Waals surface area contributed by atoms with Crippen molar-refractivity contribution in [1.82, 2.24) is 14.9 Å². The third-order valence-electron chi connectivity index (χ3n) is 2.33. The van der Waals surface area contributed by atoms with E-state index in [1.165, 1.54) is 17.1 Å². The van der Waals surface area contributed by atoms with Crippen LogP contribution in [0.4, 0.5) is 4.79 Å². The van der Waals surface area contributed by atoms with E-state index in [9.17, 15) is 9.59 Å². The molecule has 0 spiro atoms. The van der Waals surface area contributed by atoms with Crippen molar-refractivity contribution < 1.29 is 14.3 Å². The average Bonchev–Trinajstić information content (AvgIpc) is 2.78. The van der Waals surface area contributed by atoms with Gasteiger partial charge in [-0.15, -0.1) is 0 Å². The monoisotopic (exact) mass is 267 g/mol. The Morgan fingerprint density at radius 2 is 2.11 bits per heavy atom. The van der Waals surface area contributed by atoms with E-state index in [1.54, 1.807) is 27.0 Å². The van der Waals surface area contributed by atoms with Crippen LogP contribution in [0.5, 0.6) is 0 Å². The van der Waals surface area contributed by atoms with Gasteiger partial charge in [0.05, 0.1) is 0 Å². The molecule has 1 aromatic heterocycles. The summed E-state index contributed by atoms with van der Waals surface area (Å²) in [5.74, 6) is -0.217. The highest BCUT2D eigenvalue weighted by Gasteiger charge is 2.24. The number of nitrogens with one attached hydrogen (secondary N) is 1. The van der Waals surface area contributed by atoms with E-state index < -0.39 is 17.7 Å². The molecule has 6 nitrogen and oxygen atoms in total. The van der Waals surface area contributed by atoms with Crippen molar-refractivity contribution in [2.75, 3.05) is 0 Å². The second kappa shape index (κ2) is 6.36. The third kappa shape index (κ3) is 5.11. The largest absolute Gasteiger partial charge is 0.444 e. The Bertz CT molecular complexity index is 421. The predicted octanol–water partition coefficient (Wildman–Crippen LogP) is 2.22. The maximum Gasteiger partial charge on any atom is 0.408 e. The Morgan fingerprint density at radius 3 is 2.58 bits per heavy atom. The maximum atomic E-state index is 12.1. The summed E-state index contributed by atoms with van der Waals surface area (Å²) in [6.45, 7) is 7.28. The molecule has 0 aromatic carbocycles. The van der Waals surface area contributed by atoms with Crippen LogP contribution in [-0.4, -0.2) is 33.2 Å². The number of amides is 1. The molecule has 0 saturated heterocycles. The molecule has 0 fully saturated rings. The van der Waals surface area contributed by atoms with Gasteiger partial charge in [0.2, 0.25) is 0 Å². The lowest BCUT2D eigenvalue weighted by molar-refractivity contribution is 0.0479. The van der Waals surface area contributed by atoms with Crippen molar-refractivity contribution in [1.29, 1.82) is 0 Å². The van der Waals surface area contributed by atoms with Crippen molar-refractivity contribution in [3.8, 4) is 0 Å². The topological polar surface area (TPSA) is 73.2 Å². The molecule has 106 valence electrons. The first-order chi connectivity index (χ1) is 8.83. The second-order valence-electron chi connectivity index (χ2n) is 5.30. The predicted molar refractivity (Wildman–Crippen MR) is 70.9 cm³/mol. The van der Waals surface area contributed by atoms with Gasteiger partial charge < -0.3 is 10.1 Å². The lowest BCUT2D eigenvalue weighted by Crippen LogP contribution is -2.45. The highest BCUT2D eigenvalue weighted by Crippen LogP contribution is 2.08. The first-order valence-corrected chi connectivity index (χ1v) is 6.35. The van der Waals surface area contributed by atoms with Gasteiger partial charge in [0, 0.05) is 12.4 Å². The molecule has 1 amide bonds. The standard InChI is InChI=1S/C13H21N3O3/c1-5-6-10(11(17)16-8-7-14-9-16)15-12(18)19-13(2,3)4/h7-10H,5-6H2,1-4H3,(H,15,18). The second-order valence-corrected chi connectivity index (χ2v) is 5.30. The molecule has 1 N–H and O–H groups in total. The molecule has 1 atom stereocenters. The van der Waals surface area contributed by atoms with E-state index in [1.807, 2.05) is 6.92 Å². The molecule has 6 heteroatoms. The normalized spacial score (nSPS) is 12.8. The molecule has 1 unspecified atom stereocenters. The molecule has 1 aromatic rings. The Labute approximate surface area is 113 Å². The fourth-order valence-corrected chi connectivity index (χ4v) is 1.57. The van der Waals surface area contributed by atoms with E-state index in [0.717, 1.165) is 6.42 Å². The van der Waals surface area contributed by atoms with Gasteiger partial charge in [-0.3, -0.25) is 9.36 Å². The lowest BCUT2D eigenvalue weighted by Gasteiger charge is -2.22. The zero-order chi connectivity index (χ0) is 14.5. The third-order valence-corrected chi connectivity index (χ3v) is 2.33. The van der Waals surface area contributed by atoms with E-state index in [2.05, 4.69) is 10.3 Å². The van der Waals surface area contributed by atoms with E-state index in [0.29, 0.717) is 6.42 Å². The Hall–Kier alpha value is -1.85. The number of ether oxygens (including phenoxy) is 1. The minimum absolute atomic E-state index is 0.217. The summed E-state index contributed by atoms with van der Waals surface area (Å²) in [6.07, 6.45) is 5.24. The van der Waals surface area contributed by atoms with Crippen molar-refractivity contribution in [2.24, 2.45) is 0 Å². The molecule has 0 radical (unpaired) electrons. The summed E-state index contributed by atoms with van der Waals surface area (Å²) < 4.78 is 6.51. The van der Waals surface area contributed by atoms with Crippen molar-refractivity contribution in [3.63, 3.8) is 0 Å². The number of imidazole rings is 1. The molecule has 0 aliphatic heterocycles. The maximum absolute atomic E-state index is 12.1. The van der Waals surface area contributed by atoms with Gasteiger partial charge in [-0.2, -0.15) is 0 Å². The Morgan fingerprint density at radius 1 is 1.42 bits per heavy atom. The Balaban J connectivity index is 2.68. The van der Waals surface area contributed by atoms with E-state index in [-0.39, 0.29) is 5.91 Å². The highest BCUT2D eigenvalue weighted by molar-refractivity contribution is 5.87. The van der Waals surface area contributed by atoms with Crippen LogP contribution in [0.25, 0.3) is 0 Å². The number of hydrogen-bond acceptors (Lipinski definition) is 4. The minimum atomic E-state index is -0.603. The molecule has 1 rings (SSSR count). The fraction of sp³-hybridized carbons (Fsp3) is 0.615. The van der Waals surface area contributed by atoms with Crippen LogP contribution in [0.15, 0.2) is 18.7 Å². The van der Waals surface area contributed by atoms with Gasteiger partial charge in [-0.1, -0.05) is 13.3 Å². The number of carbonyl (C=O) groups is 2. The first kappa shape index (κ1) is 15.2. The fourth-order valence-electron chi connectivity index (χ4n) is 1.57. The molecular weight excluding hydrogens is 246 g/mol. The van der Waals surface area contributed by atoms with E-state index >= 15 is 0 Å². The number of alkyl carbamates (subject to hydrolysis) is 1. The number of aromatic nitrogens is 2. The van der Waals surface area contributed by atoms with Crippen molar-refractivity contribution in [2.45, 2.75) is 52.2 Å². The number of nitrogens with zero attached hydrogens (tertiary/aromatic N) is 2. The number of carbonyl (C=O) groups excluding carboxylic acids is 2. The van der Waals surface area contributed by atoms with Gasteiger partial charge in [0.1, 0.15) is 18.0 Å². The summed E-state index contributed by atoms with van der Waals surface area (Å²) in [7, 11) is 0. The number of hydrogen-bond donors (Lipinski definition) is 1. The summed E-state index contributed by atoms with van der Waals surface area (Å²) in [4.78, 5) is 27.7. The van der Waals surface area contributed by atoms with Crippen LogP contribution in [0, 0.1) is 0 Å². The Kier molecular flexibility index (Phi) is 5.09. The number of rotatable bonds is 4. The minimum Gasteiger partial charge on any atom is -0.444 e. The van der Waals surface area contributed by atoms with Gasteiger partial charge in [0.25, 0.3) is 5.91 Å². The molecule has 19 heavy (non-hydrogen) atoms. The molecule has 0 aliphatic carbocycles. The zero-order valence-electron chi connectivity index (χ0n) is 11.8. The smallest absolute Gasteiger partial charge is 0.408 e. The van der Waals surface area contributed by atoms with Crippen molar-refractivity contribution in [3.05, 3.63) is 18.7 Å². The first-order valence-electron chi connectivity index (χ1n) is 6.35. The van der Waals surface area contributed by atoms with Crippen LogP contribution in [0.3, 0.4) is 0 Å². The molecule has 0 saturated carbocycles. The SMILES string of the molecule is CCCC(NC(=O)OC(C)(C)C)C(=O)n1ccnc1. The molecule has 0 bridgehead atoms. The summed E-state index contributed by atoms with van der Waals surface area (Å²) >= 11 is 0. The lowest BCUT2D eigenvalue weighted by atomic mass is 10.1. The van der Waals surface area contributed by atoms with Crippen molar-refractivity contribution >= 4 is 12.0 Å². The van der Waals surface area contributed by atoms with Crippen LogP contribution < -0.4 is 5.32 Å². The summed E-state index contributed by atoms with van der Waals surface area (Å²) in [5, 5.41) is 2.60. The highest BCUT2D eigenvalue weighted by atomic mass is 16.6. The summed E-state index contributed by atoms with van der Waals surface area (Å²) in [5.41, 5.74) is -0.584. The van der Waals surface area contributed by atoms with Gasteiger partial charge >= 0.3 is 6.09 Å². The molecule has 1 heterocycles. The van der Waals surface area contributed by atoms with Gasteiger partial charge in [-0.05, 0) is 27.2 Å². The van der Waals surface area contributed by atoms with Gasteiger partial charge in [0.15, 0.2) is 0 Å². The molecular formula is C13H21N3O3. The van der Waals surface area contributed by atoms with Crippen LogP contribution in [-0.2, 0) is 4.74 Å². The van der Waals surface area contributed by atoms with Crippen LogP contribution in [0.1, 0.15) is 45.3 Å². The zero-order valence-corrected chi connectivity index (χ0v) is 11.8. The average molecular weight is 267 g/mol. The van der Waals surface area contributed by atoms with Crippen LogP contribution in [0.2, 0.25) is 0 Å². The quantitative estimate of drug-likeness (QED) is 0.907. The van der Waals surface area contributed by atoms with Gasteiger partial charge in [-0.25, -0.2) is 9.78 Å². The van der Waals surface area contributed by atoms with Crippen LogP contribution >= 0.6 is 0 Å².